The molecule has 4 heteroatoms. The summed E-state index contributed by atoms with van der Waals surface area (Å²) in [5.41, 5.74) is 5.05. The average molecular weight is 214 g/mol. The second kappa shape index (κ2) is 5.47. The molecular formula is C11H22N2O2. The number of nitrogens with two attached hydrogens (primary N) is 1. The van der Waals surface area contributed by atoms with Crippen LogP contribution in [0.5, 0.6) is 0 Å². The van der Waals surface area contributed by atoms with Crippen molar-refractivity contribution in [3.63, 3.8) is 0 Å². The molecule has 1 aliphatic rings. The smallest absolute Gasteiger partial charge is 0.237 e. The first-order valence-electron chi connectivity index (χ1n) is 5.65. The van der Waals surface area contributed by atoms with Crippen molar-refractivity contribution in [1.82, 2.24) is 4.90 Å². The number of amides is 1. The molecule has 0 aromatic heterocycles. The number of likely N-dealkylation sites (tertiary alicyclic amines) is 1. The second-order valence-electron chi connectivity index (χ2n) is 4.43. The fourth-order valence-corrected chi connectivity index (χ4v) is 2.21. The fourth-order valence-electron chi connectivity index (χ4n) is 2.21. The zero-order chi connectivity index (χ0) is 11.3. The van der Waals surface area contributed by atoms with Gasteiger partial charge in [0.15, 0.2) is 0 Å². The molecule has 0 radical (unpaired) electrons. The maximum absolute atomic E-state index is 11.5. The molecule has 0 spiro atoms. The van der Waals surface area contributed by atoms with Crippen LogP contribution in [-0.4, -0.2) is 43.2 Å². The number of rotatable bonds is 5. The van der Waals surface area contributed by atoms with Crippen LogP contribution in [0.1, 0.15) is 32.6 Å². The summed E-state index contributed by atoms with van der Waals surface area (Å²) in [5.74, 6) is -0.195. The zero-order valence-electron chi connectivity index (χ0n) is 9.79. The summed E-state index contributed by atoms with van der Waals surface area (Å²) in [6.45, 7) is 4.57. The lowest BCUT2D eigenvalue weighted by molar-refractivity contribution is -0.131. The highest BCUT2D eigenvalue weighted by atomic mass is 16.5. The Morgan fingerprint density at radius 1 is 1.53 bits per heavy atom. The molecule has 1 atom stereocenters. The van der Waals surface area contributed by atoms with E-state index in [1.165, 1.54) is 0 Å². The molecule has 4 nitrogen and oxygen atoms in total. The summed E-state index contributed by atoms with van der Waals surface area (Å²) in [7, 11) is 1.70. The maximum atomic E-state index is 11.5. The van der Waals surface area contributed by atoms with Gasteiger partial charge in [0, 0.05) is 20.3 Å². The van der Waals surface area contributed by atoms with Crippen LogP contribution in [0.4, 0.5) is 0 Å². The van der Waals surface area contributed by atoms with E-state index in [4.69, 9.17) is 10.5 Å². The standard InChI is InChI=1S/C11H22N2O2/c1-11(10(12)14)6-3-4-7-13(11)8-5-9-15-2/h3-9H2,1-2H3,(H2,12,14)/t11-/m0/s1. The maximum Gasteiger partial charge on any atom is 0.237 e. The molecule has 15 heavy (non-hydrogen) atoms. The number of nitrogens with zero attached hydrogens (tertiary/aromatic N) is 1. The second-order valence-corrected chi connectivity index (χ2v) is 4.43. The van der Waals surface area contributed by atoms with Crippen molar-refractivity contribution in [3.8, 4) is 0 Å². The molecule has 1 fully saturated rings. The van der Waals surface area contributed by atoms with E-state index >= 15 is 0 Å². The van der Waals surface area contributed by atoms with Crippen molar-refractivity contribution in [2.45, 2.75) is 38.1 Å². The Kier molecular flexibility index (Phi) is 4.54. The third-order valence-corrected chi connectivity index (χ3v) is 3.35. The Morgan fingerprint density at radius 2 is 2.27 bits per heavy atom. The van der Waals surface area contributed by atoms with Crippen LogP contribution in [0, 0.1) is 0 Å². The zero-order valence-corrected chi connectivity index (χ0v) is 9.79. The molecular weight excluding hydrogens is 192 g/mol. The minimum absolute atomic E-state index is 0.195. The van der Waals surface area contributed by atoms with E-state index in [0.29, 0.717) is 0 Å². The topological polar surface area (TPSA) is 55.6 Å². The summed E-state index contributed by atoms with van der Waals surface area (Å²) in [4.78, 5) is 13.7. The lowest BCUT2D eigenvalue weighted by Crippen LogP contribution is -2.58. The van der Waals surface area contributed by atoms with E-state index < -0.39 is 5.54 Å². The third-order valence-electron chi connectivity index (χ3n) is 3.35. The summed E-state index contributed by atoms with van der Waals surface area (Å²) in [6, 6.07) is 0. The van der Waals surface area contributed by atoms with Gasteiger partial charge in [-0.1, -0.05) is 0 Å². The quantitative estimate of drug-likeness (QED) is 0.687. The normalized spacial score (nSPS) is 27.9. The summed E-state index contributed by atoms with van der Waals surface area (Å²) < 4.78 is 5.02. The summed E-state index contributed by atoms with van der Waals surface area (Å²) >= 11 is 0. The highest BCUT2D eigenvalue weighted by molar-refractivity contribution is 5.84. The van der Waals surface area contributed by atoms with Gasteiger partial charge in [0.25, 0.3) is 0 Å². The molecule has 0 bridgehead atoms. The van der Waals surface area contributed by atoms with Gasteiger partial charge in [-0.2, -0.15) is 0 Å². The Hall–Kier alpha value is -0.610. The van der Waals surface area contributed by atoms with Gasteiger partial charge >= 0.3 is 0 Å². The Labute approximate surface area is 91.8 Å². The van der Waals surface area contributed by atoms with Crippen LogP contribution in [0.25, 0.3) is 0 Å². The van der Waals surface area contributed by atoms with Crippen LogP contribution in [0.2, 0.25) is 0 Å². The number of carbonyl (C=O) groups is 1. The van der Waals surface area contributed by atoms with Gasteiger partial charge in [-0.3, -0.25) is 9.69 Å². The van der Waals surface area contributed by atoms with E-state index in [-0.39, 0.29) is 5.91 Å². The average Bonchev–Trinajstić information content (AvgIpc) is 2.21. The van der Waals surface area contributed by atoms with Crippen LogP contribution in [-0.2, 0) is 9.53 Å². The van der Waals surface area contributed by atoms with Crippen LogP contribution < -0.4 is 5.73 Å². The van der Waals surface area contributed by atoms with Gasteiger partial charge in [0.05, 0.1) is 5.54 Å². The Morgan fingerprint density at radius 3 is 2.87 bits per heavy atom. The van der Waals surface area contributed by atoms with E-state index in [9.17, 15) is 4.79 Å². The molecule has 0 unspecified atom stereocenters. The van der Waals surface area contributed by atoms with Crippen molar-refractivity contribution in [3.05, 3.63) is 0 Å². The van der Waals surface area contributed by atoms with Gasteiger partial charge in [-0.25, -0.2) is 0 Å². The highest BCUT2D eigenvalue weighted by Crippen LogP contribution is 2.27. The third kappa shape index (κ3) is 2.92. The minimum Gasteiger partial charge on any atom is -0.385 e. The molecule has 2 N–H and O–H groups in total. The van der Waals surface area contributed by atoms with Crippen molar-refractivity contribution in [2.24, 2.45) is 5.73 Å². The van der Waals surface area contributed by atoms with Gasteiger partial charge in [-0.15, -0.1) is 0 Å². The Bertz CT molecular complexity index is 221. The lowest BCUT2D eigenvalue weighted by Gasteiger charge is -2.42. The molecule has 1 aliphatic heterocycles. The van der Waals surface area contributed by atoms with Crippen molar-refractivity contribution < 1.29 is 9.53 Å². The van der Waals surface area contributed by atoms with Gasteiger partial charge < -0.3 is 10.5 Å². The molecule has 0 saturated carbocycles. The van der Waals surface area contributed by atoms with Gasteiger partial charge in [0.1, 0.15) is 0 Å². The van der Waals surface area contributed by atoms with Crippen molar-refractivity contribution >= 4 is 5.91 Å². The number of hydrogen-bond donors (Lipinski definition) is 1. The number of ether oxygens (including phenoxy) is 1. The number of primary amides is 1. The first kappa shape index (κ1) is 12.5. The Balaban J connectivity index is 2.53. The number of piperidine rings is 1. The van der Waals surface area contributed by atoms with Crippen LogP contribution in [0.15, 0.2) is 0 Å². The predicted octanol–water partition coefficient (Wildman–Crippen LogP) is 0.753. The molecule has 1 heterocycles. The number of hydrogen-bond acceptors (Lipinski definition) is 3. The van der Waals surface area contributed by atoms with E-state index in [1.54, 1.807) is 7.11 Å². The van der Waals surface area contributed by atoms with E-state index in [0.717, 1.165) is 45.4 Å². The molecule has 1 amide bonds. The largest absolute Gasteiger partial charge is 0.385 e. The predicted molar refractivity (Wildman–Crippen MR) is 59.5 cm³/mol. The molecule has 0 aromatic carbocycles. The molecule has 0 aliphatic carbocycles. The first-order chi connectivity index (χ1) is 7.11. The first-order valence-corrected chi connectivity index (χ1v) is 5.65. The van der Waals surface area contributed by atoms with E-state index in [2.05, 4.69) is 4.90 Å². The van der Waals surface area contributed by atoms with E-state index in [1.807, 2.05) is 6.92 Å². The SMILES string of the molecule is COCCCN1CCCC[C@@]1(C)C(N)=O. The summed E-state index contributed by atoms with van der Waals surface area (Å²) in [5, 5.41) is 0. The molecule has 1 saturated heterocycles. The molecule has 1 rings (SSSR count). The monoisotopic (exact) mass is 214 g/mol. The fraction of sp³-hybridized carbons (Fsp3) is 0.909. The number of carbonyl (C=O) groups excluding carboxylic acids is 1. The van der Waals surface area contributed by atoms with Crippen LogP contribution >= 0.6 is 0 Å². The summed E-state index contributed by atoms with van der Waals surface area (Å²) in [6.07, 6.45) is 4.10. The van der Waals surface area contributed by atoms with Crippen molar-refractivity contribution in [1.29, 1.82) is 0 Å². The van der Waals surface area contributed by atoms with Crippen molar-refractivity contribution in [2.75, 3.05) is 26.8 Å². The van der Waals surface area contributed by atoms with Crippen LogP contribution in [0.3, 0.4) is 0 Å². The minimum atomic E-state index is -0.439. The van der Waals surface area contributed by atoms with Gasteiger partial charge in [-0.05, 0) is 39.2 Å². The molecule has 88 valence electrons. The van der Waals surface area contributed by atoms with Gasteiger partial charge in [0.2, 0.25) is 5.91 Å². The molecule has 0 aromatic rings. The number of methoxy groups -OCH3 is 1. The lowest BCUT2D eigenvalue weighted by atomic mass is 9.87. The highest BCUT2D eigenvalue weighted by Gasteiger charge is 2.38.